The molecule has 0 unspecified atom stereocenters. The van der Waals surface area contributed by atoms with Gasteiger partial charge in [0, 0.05) is 24.4 Å². The second-order valence-corrected chi connectivity index (χ2v) is 6.36. The molecular formula is C18H13Cl2N3O. The van der Waals surface area contributed by atoms with E-state index in [0.717, 1.165) is 22.2 Å². The number of halogens is 2. The maximum Gasteiger partial charge on any atom is 0.264 e. The molecule has 2 aromatic carbocycles. The largest absolute Gasteiger partial charge is 0.420 e. The minimum absolute atomic E-state index is 0.503. The summed E-state index contributed by atoms with van der Waals surface area (Å²) in [4.78, 5) is 0. The van der Waals surface area contributed by atoms with Gasteiger partial charge in [0.25, 0.3) is 5.89 Å². The van der Waals surface area contributed by atoms with Crippen LogP contribution in [0.2, 0.25) is 10.0 Å². The predicted molar refractivity (Wildman–Crippen MR) is 95.5 cm³/mol. The van der Waals surface area contributed by atoms with Crippen LogP contribution in [0.5, 0.6) is 0 Å². The van der Waals surface area contributed by atoms with E-state index in [4.69, 9.17) is 27.6 Å². The summed E-state index contributed by atoms with van der Waals surface area (Å²) in [5.74, 6) is 1.04. The molecule has 0 N–H and O–H groups in total. The van der Waals surface area contributed by atoms with Crippen molar-refractivity contribution in [3.63, 3.8) is 0 Å². The zero-order chi connectivity index (χ0) is 16.7. The van der Waals surface area contributed by atoms with Crippen molar-refractivity contribution in [3.8, 4) is 11.6 Å². The first kappa shape index (κ1) is 15.2. The molecule has 2 aromatic heterocycles. The second kappa shape index (κ2) is 5.96. The monoisotopic (exact) mass is 357 g/mol. The molecule has 0 amide bonds. The van der Waals surface area contributed by atoms with Crippen LogP contribution in [-0.2, 0) is 6.54 Å². The van der Waals surface area contributed by atoms with Crippen molar-refractivity contribution in [1.29, 1.82) is 0 Å². The maximum atomic E-state index is 6.15. The van der Waals surface area contributed by atoms with Crippen molar-refractivity contribution in [2.24, 2.45) is 0 Å². The van der Waals surface area contributed by atoms with E-state index in [9.17, 15) is 0 Å². The lowest BCUT2D eigenvalue weighted by molar-refractivity contribution is 0.528. The first-order chi connectivity index (χ1) is 11.6. The summed E-state index contributed by atoms with van der Waals surface area (Å²) in [5.41, 5.74) is 3.01. The topological polar surface area (TPSA) is 43.9 Å². The number of hydrogen-bond donors (Lipinski definition) is 0. The van der Waals surface area contributed by atoms with Gasteiger partial charge < -0.3 is 8.98 Å². The molecule has 0 spiro atoms. The molecule has 0 radical (unpaired) electrons. The summed E-state index contributed by atoms with van der Waals surface area (Å²) >= 11 is 12.2. The van der Waals surface area contributed by atoms with Gasteiger partial charge in [0.15, 0.2) is 0 Å². The van der Waals surface area contributed by atoms with Crippen LogP contribution >= 0.6 is 23.2 Å². The minimum Gasteiger partial charge on any atom is -0.420 e. The summed E-state index contributed by atoms with van der Waals surface area (Å²) in [6, 6.07) is 15.9. The summed E-state index contributed by atoms with van der Waals surface area (Å²) in [5, 5.41) is 10.3. The van der Waals surface area contributed by atoms with E-state index >= 15 is 0 Å². The Morgan fingerprint density at radius 2 is 1.83 bits per heavy atom. The number of para-hydroxylation sites is 1. The highest BCUT2D eigenvalue weighted by atomic mass is 35.5. The van der Waals surface area contributed by atoms with Crippen LogP contribution in [0, 0.1) is 6.92 Å². The number of fused-ring (bicyclic) bond motifs is 1. The van der Waals surface area contributed by atoms with Gasteiger partial charge in [0.2, 0.25) is 5.89 Å². The summed E-state index contributed by atoms with van der Waals surface area (Å²) in [7, 11) is 0. The van der Waals surface area contributed by atoms with Gasteiger partial charge in [-0.3, -0.25) is 0 Å². The fourth-order valence-corrected chi connectivity index (χ4v) is 3.10. The molecular weight excluding hydrogens is 345 g/mol. The molecule has 4 nitrogen and oxygen atoms in total. The highest BCUT2D eigenvalue weighted by molar-refractivity contribution is 6.42. The molecule has 0 aliphatic rings. The first-order valence-electron chi connectivity index (χ1n) is 7.44. The highest BCUT2D eigenvalue weighted by Gasteiger charge is 2.16. The van der Waals surface area contributed by atoms with Crippen molar-refractivity contribution in [3.05, 3.63) is 70.0 Å². The molecule has 0 bridgehead atoms. The molecule has 2 heterocycles. The van der Waals surface area contributed by atoms with Crippen LogP contribution in [0.15, 0.2) is 52.9 Å². The molecule has 0 saturated heterocycles. The van der Waals surface area contributed by atoms with E-state index in [-0.39, 0.29) is 0 Å². The second-order valence-electron chi connectivity index (χ2n) is 5.55. The summed E-state index contributed by atoms with van der Waals surface area (Å²) in [6.45, 7) is 2.41. The van der Waals surface area contributed by atoms with E-state index in [1.807, 2.05) is 24.3 Å². The Labute approximate surface area is 148 Å². The standard InChI is InChI=1S/C18H13Cl2N3O/c1-11-21-22-18(24-11)17-9-13-4-2-3-5-16(13)23(17)10-12-6-7-14(19)15(20)8-12/h2-9H,10H2,1H3. The van der Waals surface area contributed by atoms with E-state index in [1.54, 1.807) is 13.0 Å². The Morgan fingerprint density at radius 3 is 2.58 bits per heavy atom. The maximum absolute atomic E-state index is 6.15. The molecule has 120 valence electrons. The number of aromatic nitrogens is 3. The van der Waals surface area contributed by atoms with E-state index < -0.39 is 0 Å². The molecule has 0 saturated carbocycles. The Balaban J connectivity index is 1.87. The van der Waals surface area contributed by atoms with Gasteiger partial charge in [-0.2, -0.15) is 0 Å². The smallest absolute Gasteiger partial charge is 0.264 e. The number of hydrogen-bond acceptors (Lipinski definition) is 3. The molecule has 0 fully saturated rings. The summed E-state index contributed by atoms with van der Waals surface area (Å²) < 4.78 is 7.77. The fraction of sp³-hybridized carbons (Fsp3) is 0.111. The van der Waals surface area contributed by atoms with Crippen LogP contribution in [0.25, 0.3) is 22.5 Å². The lowest BCUT2D eigenvalue weighted by atomic mass is 10.2. The van der Waals surface area contributed by atoms with Crippen molar-refractivity contribution in [2.75, 3.05) is 0 Å². The third kappa shape index (κ3) is 2.68. The number of nitrogens with zero attached hydrogens (tertiary/aromatic N) is 3. The zero-order valence-electron chi connectivity index (χ0n) is 12.8. The minimum atomic E-state index is 0.503. The summed E-state index contributed by atoms with van der Waals surface area (Å²) in [6.07, 6.45) is 0. The van der Waals surface area contributed by atoms with Crippen LogP contribution in [0.4, 0.5) is 0 Å². The molecule has 0 aliphatic heterocycles. The first-order valence-corrected chi connectivity index (χ1v) is 8.20. The van der Waals surface area contributed by atoms with Gasteiger partial charge in [-0.1, -0.05) is 47.5 Å². The Kier molecular flexibility index (Phi) is 3.79. The Bertz CT molecular complexity index is 1040. The molecule has 0 aliphatic carbocycles. The molecule has 0 atom stereocenters. The third-order valence-electron chi connectivity index (χ3n) is 3.88. The van der Waals surface area contributed by atoms with Crippen LogP contribution in [-0.4, -0.2) is 14.8 Å². The van der Waals surface area contributed by atoms with Crippen molar-refractivity contribution >= 4 is 34.1 Å². The van der Waals surface area contributed by atoms with Crippen LogP contribution < -0.4 is 0 Å². The number of aryl methyl sites for hydroxylation is 1. The fourth-order valence-electron chi connectivity index (χ4n) is 2.78. The normalized spacial score (nSPS) is 11.3. The van der Waals surface area contributed by atoms with Gasteiger partial charge in [-0.05, 0) is 29.8 Å². The van der Waals surface area contributed by atoms with Crippen molar-refractivity contribution < 1.29 is 4.42 Å². The van der Waals surface area contributed by atoms with E-state index in [1.165, 1.54) is 0 Å². The molecule has 4 aromatic rings. The van der Waals surface area contributed by atoms with E-state index in [2.05, 4.69) is 33.0 Å². The predicted octanol–water partition coefficient (Wildman–Crippen LogP) is 5.35. The average Bonchev–Trinajstić information content (AvgIpc) is 3.15. The third-order valence-corrected chi connectivity index (χ3v) is 4.62. The lowest BCUT2D eigenvalue weighted by Crippen LogP contribution is -2.02. The highest BCUT2D eigenvalue weighted by Crippen LogP contribution is 2.29. The van der Waals surface area contributed by atoms with Gasteiger partial charge in [0.1, 0.15) is 5.69 Å². The van der Waals surface area contributed by atoms with Gasteiger partial charge in [0.05, 0.1) is 10.0 Å². The van der Waals surface area contributed by atoms with Crippen LogP contribution in [0.3, 0.4) is 0 Å². The lowest BCUT2D eigenvalue weighted by Gasteiger charge is -2.10. The van der Waals surface area contributed by atoms with Gasteiger partial charge in [-0.25, -0.2) is 0 Å². The Hall–Kier alpha value is -2.30. The Morgan fingerprint density at radius 1 is 1.00 bits per heavy atom. The zero-order valence-corrected chi connectivity index (χ0v) is 14.3. The van der Waals surface area contributed by atoms with Gasteiger partial charge in [-0.15, -0.1) is 10.2 Å². The van der Waals surface area contributed by atoms with E-state index in [0.29, 0.717) is 28.4 Å². The number of rotatable bonds is 3. The quantitative estimate of drug-likeness (QED) is 0.496. The number of benzene rings is 2. The molecule has 4 rings (SSSR count). The van der Waals surface area contributed by atoms with Crippen LogP contribution in [0.1, 0.15) is 11.5 Å². The average molecular weight is 358 g/mol. The molecule has 24 heavy (non-hydrogen) atoms. The molecule has 6 heteroatoms. The van der Waals surface area contributed by atoms with Crippen molar-refractivity contribution in [1.82, 2.24) is 14.8 Å². The SMILES string of the molecule is Cc1nnc(-c2cc3ccccc3n2Cc2ccc(Cl)c(Cl)c2)o1. The van der Waals surface area contributed by atoms with Gasteiger partial charge >= 0.3 is 0 Å². The van der Waals surface area contributed by atoms with Crippen molar-refractivity contribution in [2.45, 2.75) is 13.5 Å².